The number of aromatic nitrogens is 3. The highest BCUT2D eigenvalue weighted by molar-refractivity contribution is 7.15. The van der Waals surface area contributed by atoms with Gasteiger partial charge in [0.2, 0.25) is 11.0 Å². The van der Waals surface area contributed by atoms with Gasteiger partial charge < -0.3 is 14.4 Å². The average molecular weight is 459 g/mol. The van der Waals surface area contributed by atoms with Crippen molar-refractivity contribution in [2.45, 2.75) is 26.1 Å². The molecule has 0 unspecified atom stereocenters. The van der Waals surface area contributed by atoms with Crippen molar-refractivity contribution in [3.05, 3.63) is 70.4 Å². The predicted molar refractivity (Wildman–Crippen MR) is 128 cm³/mol. The summed E-state index contributed by atoms with van der Waals surface area (Å²) < 4.78 is 2.06. The summed E-state index contributed by atoms with van der Waals surface area (Å²) in [5.74, 6) is -0.137. The molecule has 2 aliphatic rings. The van der Waals surface area contributed by atoms with Crippen molar-refractivity contribution in [2.75, 3.05) is 23.8 Å². The van der Waals surface area contributed by atoms with Gasteiger partial charge in [-0.05, 0) is 37.1 Å². The molecule has 2 amide bonds. The van der Waals surface area contributed by atoms with E-state index in [9.17, 15) is 9.59 Å². The third-order valence-corrected chi connectivity index (χ3v) is 7.23. The molecule has 9 heteroatoms. The van der Waals surface area contributed by atoms with E-state index in [2.05, 4.69) is 31.0 Å². The van der Waals surface area contributed by atoms with Gasteiger partial charge in [0, 0.05) is 24.5 Å². The molecular weight excluding hydrogens is 436 g/mol. The van der Waals surface area contributed by atoms with Gasteiger partial charge in [0.15, 0.2) is 0 Å². The minimum absolute atomic E-state index is 0.0324. The zero-order valence-corrected chi connectivity index (χ0v) is 19.1. The lowest BCUT2D eigenvalue weighted by atomic mass is 9.96. The Hall–Kier alpha value is -3.72. The summed E-state index contributed by atoms with van der Waals surface area (Å²) in [5, 5.41) is 13.3. The minimum atomic E-state index is -0.278. The quantitative estimate of drug-likeness (QED) is 0.507. The first-order valence-electron chi connectivity index (χ1n) is 10.9. The molecule has 2 aromatic heterocycles. The number of amides is 2. The Morgan fingerprint density at radius 3 is 2.76 bits per heavy atom. The summed E-state index contributed by atoms with van der Waals surface area (Å²) in [4.78, 5) is 30.5. The Balaban J connectivity index is 1.47. The molecule has 0 fully saturated rings. The summed E-state index contributed by atoms with van der Waals surface area (Å²) >= 11 is 1.35. The number of rotatable bonds is 3. The molecule has 6 rings (SSSR count). The molecule has 4 aromatic rings. The van der Waals surface area contributed by atoms with E-state index in [0.29, 0.717) is 17.2 Å². The molecule has 8 nitrogen and oxygen atoms in total. The third-order valence-electron chi connectivity index (χ3n) is 6.48. The molecule has 2 aliphatic heterocycles. The zero-order chi connectivity index (χ0) is 22.7. The highest BCUT2D eigenvalue weighted by Gasteiger charge is 2.42. The molecule has 33 heavy (non-hydrogen) atoms. The second kappa shape index (κ2) is 7.41. The van der Waals surface area contributed by atoms with Crippen molar-refractivity contribution in [3.63, 3.8) is 0 Å². The fourth-order valence-corrected chi connectivity index (χ4v) is 5.74. The molecule has 0 saturated carbocycles. The van der Waals surface area contributed by atoms with Crippen LogP contribution in [0.5, 0.6) is 0 Å². The van der Waals surface area contributed by atoms with Gasteiger partial charge in [-0.25, -0.2) is 0 Å². The smallest absolute Gasteiger partial charge is 0.257 e. The maximum absolute atomic E-state index is 13.4. The number of nitrogens with one attached hydrogen (secondary N) is 1. The fraction of sp³-hybridized carbons (Fsp3) is 0.250. The normalized spacial score (nSPS) is 17.0. The van der Waals surface area contributed by atoms with Crippen molar-refractivity contribution in [3.8, 4) is 0 Å². The Morgan fingerprint density at radius 2 is 1.94 bits per heavy atom. The van der Waals surface area contributed by atoms with E-state index in [-0.39, 0.29) is 24.5 Å². The Kier molecular flexibility index (Phi) is 4.48. The zero-order valence-electron chi connectivity index (χ0n) is 18.3. The van der Waals surface area contributed by atoms with Crippen molar-refractivity contribution in [2.24, 2.45) is 0 Å². The van der Waals surface area contributed by atoms with Crippen LogP contribution in [0.3, 0.4) is 0 Å². The Morgan fingerprint density at radius 1 is 1.15 bits per heavy atom. The van der Waals surface area contributed by atoms with E-state index in [1.165, 1.54) is 16.9 Å². The van der Waals surface area contributed by atoms with Gasteiger partial charge in [-0.1, -0.05) is 41.7 Å². The van der Waals surface area contributed by atoms with E-state index in [0.717, 1.165) is 33.7 Å². The van der Waals surface area contributed by atoms with E-state index in [1.807, 2.05) is 61.3 Å². The average Bonchev–Trinajstić information content (AvgIpc) is 3.38. The number of hydrogen-bond donors (Lipinski definition) is 1. The molecule has 1 N–H and O–H groups in total. The maximum atomic E-state index is 13.4. The standard InChI is InChI=1S/C24H22N6O2S/c1-14-26-27-24(33-14)25-20(31)13-30-19-10-6-3-7-15(19)16-11-12-29-22(21(16)30)28(2)18-9-5-4-8-17(18)23(29)32/h3-10,22H,11-13H2,1-2H3,(H,25,27,31)/t22-/m1/s1. The lowest BCUT2D eigenvalue weighted by Gasteiger charge is -2.46. The first-order valence-corrected chi connectivity index (χ1v) is 11.7. The van der Waals surface area contributed by atoms with Gasteiger partial charge in [0.25, 0.3) is 5.91 Å². The summed E-state index contributed by atoms with van der Waals surface area (Å²) in [6.07, 6.45) is 0.471. The lowest BCUT2D eigenvalue weighted by molar-refractivity contribution is -0.116. The number of benzene rings is 2. The van der Waals surface area contributed by atoms with Crippen molar-refractivity contribution < 1.29 is 9.59 Å². The van der Waals surface area contributed by atoms with Crippen LogP contribution in [0, 0.1) is 6.92 Å². The largest absolute Gasteiger partial charge is 0.349 e. The second-order valence-electron chi connectivity index (χ2n) is 8.39. The monoisotopic (exact) mass is 458 g/mol. The molecule has 1 atom stereocenters. The summed E-state index contributed by atoms with van der Waals surface area (Å²) in [6, 6.07) is 15.9. The maximum Gasteiger partial charge on any atom is 0.257 e. The van der Waals surface area contributed by atoms with Gasteiger partial charge in [-0.3, -0.25) is 14.9 Å². The van der Waals surface area contributed by atoms with Gasteiger partial charge in [-0.15, -0.1) is 10.2 Å². The molecule has 166 valence electrons. The fourth-order valence-electron chi connectivity index (χ4n) is 5.13. The van der Waals surface area contributed by atoms with Crippen LogP contribution < -0.4 is 10.2 Å². The Bertz CT molecular complexity index is 1420. The number of carbonyl (C=O) groups excluding carboxylic acids is 2. The van der Waals surface area contributed by atoms with E-state index < -0.39 is 0 Å². The third kappa shape index (κ3) is 3.03. The van der Waals surface area contributed by atoms with Crippen LogP contribution in [0.15, 0.2) is 48.5 Å². The van der Waals surface area contributed by atoms with Crippen LogP contribution in [0.2, 0.25) is 0 Å². The van der Waals surface area contributed by atoms with Crippen LogP contribution in [0.4, 0.5) is 10.8 Å². The van der Waals surface area contributed by atoms with Gasteiger partial charge in [0.1, 0.15) is 17.7 Å². The van der Waals surface area contributed by atoms with Crippen molar-refractivity contribution >= 4 is 44.9 Å². The van der Waals surface area contributed by atoms with Crippen LogP contribution in [-0.2, 0) is 17.8 Å². The number of fused-ring (bicyclic) bond motifs is 6. The van der Waals surface area contributed by atoms with Crippen LogP contribution in [0.1, 0.15) is 32.8 Å². The van der Waals surface area contributed by atoms with Crippen LogP contribution in [0.25, 0.3) is 10.9 Å². The summed E-state index contributed by atoms with van der Waals surface area (Å²) in [7, 11) is 2.02. The number of carbonyl (C=O) groups is 2. The first kappa shape index (κ1) is 19.9. The number of para-hydroxylation sites is 2. The number of hydrogen-bond acceptors (Lipinski definition) is 6. The number of nitrogens with zero attached hydrogens (tertiary/aromatic N) is 5. The SMILES string of the molecule is Cc1nnc(NC(=O)Cn2c3c(c4ccccc42)CCN2C(=O)c4ccccc4N(C)[C@@H]32)s1. The van der Waals surface area contributed by atoms with Crippen molar-refractivity contribution in [1.82, 2.24) is 19.7 Å². The molecule has 0 spiro atoms. The van der Waals surface area contributed by atoms with Gasteiger partial charge in [-0.2, -0.15) is 0 Å². The minimum Gasteiger partial charge on any atom is -0.349 e. The lowest BCUT2D eigenvalue weighted by Crippen LogP contribution is -2.51. The highest BCUT2D eigenvalue weighted by atomic mass is 32.1. The molecule has 0 bridgehead atoms. The van der Waals surface area contributed by atoms with Crippen molar-refractivity contribution in [1.29, 1.82) is 0 Å². The van der Waals surface area contributed by atoms with E-state index >= 15 is 0 Å². The van der Waals surface area contributed by atoms with E-state index in [1.54, 1.807) is 0 Å². The number of aryl methyl sites for hydroxylation is 1. The molecule has 0 aliphatic carbocycles. The second-order valence-corrected chi connectivity index (χ2v) is 9.57. The summed E-state index contributed by atoms with van der Waals surface area (Å²) in [6.45, 7) is 2.62. The molecule has 0 saturated heterocycles. The molecular formula is C24H22N6O2S. The molecule has 4 heterocycles. The van der Waals surface area contributed by atoms with Gasteiger partial charge >= 0.3 is 0 Å². The Labute approximate surface area is 194 Å². The predicted octanol–water partition coefficient (Wildman–Crippen LogP) is 3.59. The molecule has 2 aromatic carbocycles. The topological polar surface area (TPSA) is 83.4 Å². The number of anilines is 2. The van der Waals surface area contributed by atoms with E-state index in [4.69, 9.17) is 0 Å². The molecule has 0 radical (unpaired) electrons. The van der Waals surface area contributed by atoms with Crippen LogP contribution in [-0.4, -0.2) is 45.1 Å². The summed E-state index contributed by atoms with van der Waals surface area (Å²) in [5.41, 5.74) is 4.81. The highest BCUT2D eigenvalue weighted by Crippen LogP contribution is 2.44. The first-order chi connectivity index (χ1) is 16.0. The van der Waals surface area contributed by atoms with Crippen LogP contribution >= 0.6 is 11.3 Å². The van der Waals surface area contributed by atoms with Gasteiger partial charge in [0.05, 0.1) is 16.9 Å².